The predicted octanol–water partition coefficient (Wildman–Crippen LogP) is 3.84. The standard InChI is InChI=1S/C11H9BrO2S/c1-7-4-8(6-15-7)5-10(13)9-2-3-14-11(9)12/h2-4,6H,5H2,1H3. The van der Waals surface area contributed by atoms with Crippen LogP contribution in [0.3, 0.4) is 0 Å². The van der Waals surface area contributed by atoms with Crippen LogP contribution in [0.2, 0.25) is 0 Å². The molecule has 2 aromatic heterocycles. The van der Waals surface area contributed by atoms with Crippen LogP contribution in [0.15, 0.2) is 32.9 Å². The van der Waals surface area contributed by atoms with Crippen LogP contribution in [0.4, 0.5) is 0 Å². The number of ketones is 1. The molecular formula is C11H9BrO2S. The average molecular weight is 285 g/mol. The topological polar surface area (TPSA) is 30.2 Å². The highest BCUT2D eigenvalue weighted by molar-refractivity contribution is 9.10. The fourth-order valence-corrected chi connectivity index (χ4v) is 2.53. The largest absolute Gasteiger partial charge is 0.457 e. The summed E-state index contributed by atoms with van der Waals surface area (Å²) in [6, 6.07) is 3.72. The lowest BCUT2D eigenvalue weighted by atomic mass is 10.1. The molecule has 0 aliphatic carbocycles. The second kappa shape index (κ2) is 4.33. The molecule has 2 rings (SSSR count). The van der Waals surface area contributed by atoms with Crippen LogP contribution in [0, 0.1) is 6.92 Å². The summed E-state index contributed by atoms with van der Waals surface area (Å²) in [7, 11) is 0. The Labute approximate surface area is 100 Å². The summed E-state index contributed by atoms with van der Waals surface area (Å²) in [5.41, 5.74) is 1.68. The maximum atomic E-state index is 11.8. The lowest BCUT2D eigenvalue weighted by Gasteiger charge is -1.95. The van der Waals surface area contributed by atoms with E-state index in [4.69, 9.17) is 4.42 Å². The first-order valence-electron chi connectivity index (χ1n) is 4.47. The molecule has 0 unspecified atom stereocenters. The van der Waals surface area contributed by atoms with Gasteiger partial charge in [-0.3, -0.25) is 4.79 Å². The third-order valence-electron chi connectivity index (χ3n) is 2.07. The van der Waals surface area contributed by atoms with E-state index in [0.29, 0.717) is 16.7 Å². The highest BCUT2D eigenvalue weighted by Gasteiger charge is 2.13. The van der Waals surface area contributed by atoms with Crippen molar-refractivity contribution < 1.29 is 9.21 Å². The first kappa shape index (κ1) is 10.6. The Balaban J connectivity index is 2.14. The van der Waals surface area contributed by atoms with Crippen LogP contribution in [-0.2, 0) is 6.42 Å². The minimum atomic E-state index is 0.0772. The molecule has 15 heavy (non-hydrogen) atoms. The zero-order chi connectivity index (χ0) is 10.8. The SMILES string of the molecule is Cc1cc(CC(=O)c2ccoc2Br)cs1. The first-order chi connectivity index (χ1) is 7.16. The van der Waals surface area contributed by atoms with E-state index in [-0.39, 0.29) is 5.78 Å². The van der Waals surface area contributed by atoms with E-state index in [2.05, 4.69) is 15.9 Å². The molecule has 0 aliphatic heterocycles. The summed E-state index contributed by atoms with van der Waals surface area (Å²) in [6.45, 7) is 2.03. The Bertz CT molecular complexity index is 484. The van der Waals surface area contributed by atoms with Gasteiger partial charge in [-0.15, -0.1) is 11.3 Å². The number of carbonyl (C=O) groups is 1. The maximum Gasteiger partial charge on any atom is 0.179 e. The Morgan fingerprint density at radius 1 is 1.60 bits per heavy atom. The lowest BCUT2D eigenvalue weighted by Crippen LogP contribution is -2.01. The molecule has 0 saturated heterocycles. The molecule has 0 radical (unpaired) electrons. The smallest absolute Gasteiger partial charge is 0.179 e. The summed E-state index contributed by atoms with van der Waals surface area (Å²) >= 11 is 4.86. The van der Waals surface area contributed by atoms with E-state index in [1.807, 2.05) is 18.4 Å². The fourth-order valence-electron chi connectivity index (χ4n) is 1.36. The van der Waals surface area contributed by atoms with Crippen LogP contribution in [0.1, 0.15) is 20.8 Å². The monoisotopic (exact) mass is 284 g/mol. The van der Waals surface area contributed by atoms with E-state index >= 15 is 0 Å². The van der Waals surface area contributed by atoms with Gasteiger partial charge >= 0.3 is 0 Å². The van der Waals surface area contributed by atoms with Gasteiger partial charge in [0.15, 0.2) is 10.5 Å². The number of aryl methyl sites for hydroxylation is 1. The normalized spacial score (nSPS) is 10.5. The molecule has 0 atom stereocenters. The number of hydrogen-bond donors (Lipinski definition) is 0. The Morgan fingerprint density at radius 2 is 2.40 bits per heavy atom. The summed E-state index contributed by atoms with van der Waals surface area (Å²) in [6.07, 6.45) is 1.94. The van der Waals surface area contributed by atoms with Crippen LogP contribution >= 0.6 is 27.3 Å². The molecule has 0 aliphatic rings. The first-order valence-corrected chi connectivity index (χ1v) is 6.14. The molecule has 0 N–H and O–H groups in total. The van der Waals surface area contributed by atoms with Gasteiger partial charge in [-0.25, -0.2) is 0 Å². The second-order valence-electron chi connectivity index (χ2n) is 3.27. The van der Waals surface area contributed by atoms with Crippen LogP contribution in [0.25, 0.3) is 0 Å². The molecule has 4 heteroatoms. The van der Waals surface area contributed by atoms with Crippen molar-refractivity contribution in [3.8, 4) is 0 Å². The zero-order valence-corrected chi connectivity index (χ0v) is 10.5. The fraction of sp³-hybridized carbons (Fsp3) is 0.182. The predicted molar refractivity (Wildman–Crippen MR) is 63.5 cm³/mol. The number of hydrogen-bond acceptors (Lipinski definition) is 3. The van der Waals surface area contributed by atoms with Crippen molar-refractivity contribution in [3.63, 3.8) is 0 Å². The van der Waals surface area contributed by atoms with Gasteiger partial charge in [-0.05, 0) is 45.9 Å². The average Bonchev–Trinajstić information content (AvgIpc) is 2.75. The summed E-state index contributed by atoms with van der Waals surface area (Å²) in [5, 5.41) is 2.02. The molecule has 0 bridgehead atoms. The molecule has 2 heterocycles. The highest BCUT2D eigenvalue weighted by Crippen LogP contribution is 2.21. The van der Waals surface area contributed by atoms with E-state index in [1.165, 1.54) is 11.1 Å². The second-order valence-corrected chi connectivity index (χ2v) is 5.11. The van der Waals surface area contributed by atoms with Crippen LogP contribution in [0.5, 0.6) is 0 Å². The molecule has 0 fully saturated rings. The van der Waals surface area contributed by atoms with Gasteiger partial charge in [0.05, 0.1) is 11.8 Å². The molecule has 78 valence electrons. The molecule has 0 saturated carbocycles. The third kappa shape index (κ3) is 2.38. The molecule has 0 spiro atoms. The number of rotatable bonds is 3. The van der Waals surface area contributed by atoms with E-state index in [1.54, 1.807) is 17.4 Å². The Hall–Kier alpha value is -0.870. The van der Waals surface area contributed by atoms with Gasteiger partial charge in [0, 0.05) is 11.3 Å². The molecule has 0 amide bonds. The van der Waals surface area contributed by atoms with Crippen LogP contribution in [-0.4, -0.2) is 5.78 Å². The van der Waals surface area contributed by atoms with E-state index in [0.717, 1.165) is 5.56 Å². The number of Topliss-reactive ketones (excluding diaryl/α,β-unsaturated/α-hetero) is 1. The minimum absolute atomic E-state index is 0.0772. The minimum Gasteiger partial charge on any atom is -0.457 e. The van der Waals surface area contributed by atoms with Crippen molar-refractivity contribution >= 4 is 33.0 Å². The lowest BCUT2D eigenvalue weighted by molar-refractivity contribution is 0.0991. The van der Waals surface area contributed by atoms with E-state index < -0.39 is 0 Å². The molecule has 2 aromatic rings. The molecule has 2 nitrogen and oxygen atoms in total. The van der Waals surface area contributed by atoms with Gasteiger partial charge in [0.25, 0.3) is 0 Å². The van der Waals surface area contributed by atoms with E-state index in [9.17, 15) is 4.79 Å². The molecular weight excluding hydrogens is 276 g/mol. The van der Waals surface area contributed by atoms with Crippen LogP contribution < -0.4 is 0 Å². The van der Waals surface area contributed by atoms with Crippen molar-refractivity contribution in [2.45, 2.75) is 13.3 Å². The van der Waals surface area contributed by atoms with Crippen molar-refractivity contribution in [2.24, 2.45) is 0 Å². The van der Waals surface area contributed by atoms with Crippen molar-refractivity contribution in [2.75, 3.05) is 0 Å². The zero-order valence-electron chi connectivity index (χ0n) is 8.12. The number of carbonyl (C=O) groups excluding carboxylic acids is 1. The quantitative estimate of drug-likeness (QED) is 0.802. The van der Waals surface area contributed by atoms with Gasteiger partial charge in [-0.1, -0.05) is 0 Å². The van der Waals surface area contributed by atoms with Gasteiger partial charge in [0.2, 0.25) is 0 Å². The van der Waals surface area contributed by atoms with Crippen molar-refractivity contribution in [3.05, 3.63) is 44.4 Å². The van der Waals surface area contributed by atoms with Crippen molar-refractivity contribution in [1.82, 2.24) is 0 Å². The maximum absolute atomic E-state index is 11.8. The summed E-state index contributed by atoms with van der Waals surface area (Å²) in [4.78, 5) is 13.0. The van der Waals surface area contributed by atoms with Crippen molar-refractivity contribution in [1.29, 1.82) is 0 Å². The number of thiophene rings is 1. The number of halogens is 1. The summed E-state index contributed by atoms with van der Waals surface area (Å²) in [5.74, 6) is 0.0772. The number of furan rings is 1. The van der Waals surface area contributed by atoms with Gasteiger partial charge in [-0.2, -0.15) is 0 Å². The Kier molecular flexibility index (Phi) is 3.07. The summed E-state index contributed by atoms with van der Waals surface area (Å²) < 4.78 is 5.54. The van der Waals surface area contributed by atoms with Gasteiger partial charge < -0.3 is 4.42 Å². The van der Waals surface area contributed by atoms with Gasteiger partial charge in [0.1, 0.15) is 0 Å². The highest BCUT2D eigenvalue weighted by atomic mass is 79.9. The third-order valence-corrected chi connectivity index (χ3v) is 3.59. The Morgan fingerprint density at radius 3 is 2.93 bits per heavy atom. The molecule has 0 aromatic carbocycles.